The summed E-state index contributed by atoms with van der Waals surface area (Å²) < 4.78 is 24.4. The summed E-state index contributed by atoms with van der Waals surface area (Å²) in [6, 6.07) is 11.3. The first-order valence-electron chi connectivity index (χ1n) is 9.19. The van der Waals surface area contributed by atoms with E-state index in [2.05, 4.69) is 4.90 Å². The van der Waals surface area contributed by atoms with Gasteiger partial charge in [0.05, 0.1) is 25.9 Å². The molecule has 7 heteroatoms. The van der Waals surface area contributed by atoms with Crippen molar-refractivity contribution in [1.82, 2.24) is 9.80 Å². The molecule has 0 aliphatic carbocycles. The highest BCUT2D eigenvalue weighted by Crippen LogP contribution is 2.30. The molecule has 1 aliphatic heterocycles. The van der Waals surface area contributed by atoms with Gasteiger partial charge in [0.25, 0.3) is 5.91 Å². The third kappa shape index (κ3) is 4.43. The van der Waals surface area contributed by atoms with Crippen molar-refractivity contribution in [2.24, 2.45) is 0 Å². The summed E-state index contributed by atoms with van der Waals surface area (Å²) in [5.74, 6) is 0.444. The third-order valence-electron chi connectivity index (χ3n) is 4.99. The second-order valence-electron chi connectivity index (χ2n) is 6.70. The van der Waals surface area contributed by atoms with Gasteiger partial charge in [0.1, 0.15) is 17.3 Å². The number of carbonyl (C=O) groups excluding carboxylic acids is 1. The number of hydrogen-bond acceptors (Lipinski definition) is 5. The topological polar surface area (TPSA) is 62.2 Å². The van der Waals surface area contributed by atoms with Gasteiger partial charge in [-0.25, -0.2) is 4.39 Å². The van der Waals surface area contributed by atoms with Crippen LogP contribution in [-0.4, -0.2) is 67.8 Å². The minimum atomic E-state index is -0.751. The molecule has 0 bridgehead atoms. The Labute approximate surface area is 164 Å². The van der Waals surface area contributed by atoms with Crippen LogP contribution >= 0.6 is 0 Å². The molecule has 1 aliphatic rings. The van der Waals surface area contributed by atoms with Crippen molar-refractivity contribution in [3.05, 3.63) is 59.4 Å². The number of nitrogens with zero attached hydrogens (tertiary/aromatic N) is 2. The van der Waals surface area contributed by atoms with Gasteiger partial charge in [-0.3, -0.25) is 9.69 Å². The molecule has 1 saturated heterocycles. The number of ether oxygens (including phenoxy) is 2. The molecule has 6 nitrogen and oxygen atoms in total. The lowest BCUT2D eigenvalue weighted by Gasteiger charge is -2.35. The van der Waals surface area contributed by atoms with Crippen molar-refractivity contribution in [2.45, 2.75) is 6.10 Å². The predicted molar refractivity (Wildman–Crippen MR) is 103 cm³/mol. The molecule has 2 aromatic carbocycles. The van der Waals surface area contributed by atoms with E-state index in [9.17, 15) is 14.3 Å². The highest BCUT2D eigenvalue weighted by atomic mass is 19.1. The maximum atomic E-state index is 13.9. The molecule has 2 aromatic rings. The van der Waals surface area contributed by atoms with E-state index in [1.807, 2.05) is 0 Å². The number of piperazine rings is 1. The summed E-state index contributed by atoms with van der Waals surface area (Å²) in [5, 5.41) is 10.7. The zero-order chi connectivity index (χ0) is 20.1. The molecule has 0 saturated carbocycles. The van der Waals surface area contributed by atoms with E-state index in [0.717, 1.165) is 0 Å². The van der Waals surface area contributed by atoms with Gasteiger partial charge in [0.2, 0.25) is 0 Å². The fourth-order valence-electron chi connectivity index (χ4n) is 3.38. The molecule has 1 N–H and O–H groups in total. The smallest absolute Gasteiger partial charge is 0.256 e. The Morgan fingerprint density at radius 2 is 1.82 bits per heavy atom. The Morgan fingerprint density at radius 1 is 1.11 bits per heavy atom. The maximum absolute atomic E-state index is 13.9. The van der Waals surface area contributed by atoms with Crippen LogP contribution in [0.3, 0.4) is 0 Å². The number of aliphatic hydroxyl groups excluding tert-OH is 1. The minimum Gasteiger partial charge on any atom is -0.497 e. The zero-order valence-electron chi connectivity index (χ0n) is 16.1. The van der Waals surface area contributed by atoms with E-state index in [1.54, 1.807) is 49.5 Å². The molecular weight excluding hydrogens is 363 g/mol. The molecule has 0 aromatic heterocycles. The second-order valence-corrected chi connectivity index (χ2v) is 6.70. The van der Waals surface area contributed by atoms with Crippen LogP contribution < -0.4 is 9.47 Å². The number of β-amino-alcohol motifs (C(OH)–C–C–N with tert-alkyl or cyclic N) is 1. The second kappa shape index (κ2) is 9.03. The van der Waals surface area contributed by atoms with E-state index >= 15 is 0 Å². The van der Waals surface area contributed by atoms with Gasteiger partial charge in [-0.2, -0.15) is 0 Å². The van der Waals surface area contributed by atoms with Gasteiger partial charge in [0, 0.05) is 38.3 Å². The summed E-state index contributed by atoms with van der Waals surface area (Å²) in [4.78, 5) is 16.2. The number of rotatable bonds is 6. The van der Waals surface area contributed by atoms with Crippen molar-refractivity contribution in [1.29, 1.82) is 0 Å². The molecule has 1 heterocycles. The number of amides is 1. The summed E-state index contributed by atoms with van der Waals surface area (Å²) in [6.07, 6.45) is -0.751. The molecule has 0 spiro atoms. The van der Waals surface area contributed by atoms with E-state index < -0.39 is 11.9 Å². The molecule has 1 fully saturated rings. The van der Waals surface area contributed by atoms with Crippen LogP contribution in [0.2, 0.25) is 0 Å². The van der Waals surface area contributed by atoms with Gasteiger partial charge in [-0.15, -0.1) is 0 Å². The first kappa shape index (κ1) is 20.1. The van der Waals surface area contributed by atoms with Gasteiger partial charge < -0.3 is 19.5 Å². The number of hydrogen-bond donors (Lipinski definition) is 1. The van der Waals surface area contributed by atoms with Crippen molar-refractivity contribution >= 4 is 5.91 Å². The normalized spacial score (nSPS) is 15.9. The lowest BCUT2D eigenvalue weighted by molar-refractivity contribution is 0.0520. The SMILES string of the molecule is COc1ccc(OC)c(C(O)CN2CCN(C(=O)c3ccccc3F)CC2)c1. The number of methoxy groups -OCH3 is 2. The summed E-state index contributed by atoms with van der Waals surface area (Å²) in [6.45, 7) is 2.57. The first-order valence-corrected chi connectivity index (χ1v) is 9.19. The van der Waals surface area contributed by atoms with E-state index in [0.29, 0.717) is 49.8 Å². The Bertz CT molecular complexity index is 822. The quantitative estimate of drug-likeness (QED) is 0.823. The zero-order valence-corrected chi connectivity index (χ0v) is 16.1. The highest BCUT2D eigenvalue weighted by molar-refractivity contribution is 5.94. The number of aliphatic hydroxyl groups is 1. The number of benzene rings is 2. The summed E-state index contributed by atoms with van der Waals surface area (Å²) in [7, 11) is 3.13. The van der Waals surface area contributed by atoms with Crippen molar-refractivity contribution in [2.75, 3.05) is 46.9 Å². The van der Waals surface area contributed by atoms with E-state index in [1.165, 1.54) is 12.1 Å². The molecule has 1 amide bonds. The molecule has 0 radical (unpaired) electrons. The summed E-state index contributed by atoms with van der Waals surface area (Å²) >= 11 is 0. The average Bonchev–Trinajstić information content (AvgIpc) is 2.73. The Kier molecular flexibility index (Phi) is 6.49. The largest absolute Gasteiger partial charge is 0.497 e. The molecule has 1 unspecified atom stereocenters. The number of halogens is 1. The van der Waals surface area contributed by atoms with Gasteiger partial charge >= 0.3 is 0 Å². The first-order chi connectivity index (χ1) is 13.5. The van der Waals surface area contributed by atoms with Crippen LogP contribution in [0.1, 0.15) is 22.0 Å². The maximum Gasteiger partial charge on any atom is 0.256 e. The molecular formula is C21H25FN2O4. The van der Waals surface area contributed by atoms with Crippen molar-refractivity contribution in [3.8, 4) is 11.5 Å². The molecule has 1 atom stereocenters. The van der Waals surface area contributed by atoms with Crippen molar-refractivity contribution in [3.63, 3.8) is 0 Å². The Morgan fingerprint density at radius 3 is 2.46 bits per heavy atom. The van der Waals surface area contributed by atoms with Crippen LogP contribution in [0.15, 0.2) is 42.5 Å². The standard InChI is InChI=1S/C21H25FN2O4/c1-27-15-7-8-20(28-2)17(13-15)19(25)14-23-9-11-24(12-10-23)21(26)16-5-3-4-6-18(16)22/h3-8,13,19,25H,9-12,14H2,1-2H3. The predicted octanol–water partition coefficient (Wildman–Crippen LogP) is 2.33. The van der Waals surface area contributed by atoms with Gasteiger partial charge in [-0.1, -0.05) is 12.1 Å². The molecule has 28 heavy (non-hydrogen) atoms. The monoisotopic (exact) mass is 388 g/mol. The lowest BCUT2D eigenvalue weighted by Crippen LogP contribution is -2.49. The highest BCUT2D eigenvalue weighted by Gasteiger charge is 2.26. The third-order valence-corrected chi connectivity index (χ3v) is 4.99. The van der Waals surface area contributed by atoms with E-state index in [4.69, 9.17) is 9.47 Å². The summed E-state index contributed by atoms with van der Waals surface area (Å²) in [5.41, 5.74) is 0.754. The fourth-order valence-corrected chi connectivity index (χ4v) is 3.38. The van der Waals surface area contributed by atoms with Crippen LogP contribution in [0.4, 0.5) is 4.39 Å². The molecule has 150 valence electrons. The lowest BCUT2D eigenvalue weighted by atomic mass is 10.1. The van der Waals surface area contributed by atoms with Gasteiger partial charge in [0.15, 0.2) is 0 Å². The van der Waals surface area contributed by atoms with Crippen molar-refractivity contribution < 1.29 is 23.8 Å². The fraction of sp³-hybridized carbons (Fsp3) is 0.381. The van der Waals surface area contributed by atoms with Crippen LogP contribution in [0.25, 0.3) is 0 Å². The van der Waals surface area contributed by atoms with Crippen LogP contribution in [-0.2, 0) is 0 Å². The number of carbonyl (C=O) groups is 1. The van der Waals surface area contributed by atoms with Crippen LogP contribution in [0, 0.1) is 5.82 Å². The van der Waals surface area contributed by atoms with Crippen LogP contribution in [0.5, 0.6) is 11.5 Å². The molecule has 3 rings (SSSR count). The Hall–Kier alpha value is -2.64. The average molecular weight is 388 g/mol. The van der Waals surface area contributed by atoms with E-state index in [-0.39, 0.29) is 11.5 Å². The Balaban J connectivity index is 1.60. The minimum absolute atomic E-state index is 0.0945. The van der Waals surface area contributed by atoms with Gasteiger partial charge in [-0.05, 0) is 30.3 Å².